The number of benzene rings is 2. The summed E-state index contributed by atoms with van der Waals surface area (Å²) < 4.78 is 17.7. The van der Waals surface area contributed by atoms with Crippen LogP contribution in [0.3, 0.4) is 0 Å². The van der Waals surface area contributed by atoms with Gasteiger partial charge in [-0.3, -0.25) is 4.57 Å². The molecule has 5 heteroatoms. The molecule has 2 aromatic carbocycles. The zero-order chi connectivity index (χ0) is 12.5. The molecule has 0 bridgehead atoms. The largest absolute Gasteiger partial charge is 0.322 e. The quantitative estimate of drug-likeness (QED) is 0.728. The fraction of sp³-hybridized carbons (Fsp3) is 0. The summed E-state index contributed by atoms with van der Waals surface area (Å²) in [5.74, 6) is -0.242. The molecule has 0 atom stereocenters. The summed E-state index contributed by atoms with van der Waals surface area (Å²) in [6.45, 7) is 0. The van der Waals surface area contributed by atoms with Gasteiger partial charge >= 0.3 is 0 Å². The van der Waals surface area contributed by atoms with Crippen LogP contribution < -0.4 is 4.34 Å². The zero-order valence-corrected chi connectivity index (χ0v) is 10.9. The highest BCUT2D eigenvalue weighted by atomic mass is 79.9. The van der Waals surface area contributed by atoms with Crippen molar-refractivity contribution < 1.29 is 4.39 Å². The predicted octanol–water partition coefficient (Wildman–Crippen LogP) is 3.89. The van der Waals surface area contributed by atoms with E-state index in [2.05, 4.69) is 25.5 Å². The van der Waals surface area contributed by atoms with Crippen LogP contribution in [0.25, 0.3) is 16.7 Å². The number of imidazole rings is 1. The highest BCUT2D eigenvalue weighted by Crippen LogP contribution is 2.22. The third-order valence-electron chi connectivity index (χ3n) is 2.76. The molecule has 3 aromatic rings. The van der Waals surface area contributed by atoms with Crippen LogP contribution in [0.2, 0.25) is 0 Å². The van der Waals surface area contributed by atoms with Gasteiger partial charge in [0, 0.05) is 27.5 Å². The Hall–Kier alpha value is -1.88. The van der Waals surface area contributed by atoms with Crippen molar-refractivity contribution in [2.75, 3.05) is 4.34 Å². The van der Waals surface area contributed by atoms with Crippen molar-refractivity contribution in [3.05, 3.63) is 54.6 Å². The third kappa shape index (κ3) is 1.86. The van der Waals surface area contributed by atoms with E-state index >= 15 is 0 Å². The average molecular weight is 306 g/mol. The van der Waals surface area contributed by atoms with Crippen LogP contribution in [0.1, 0.15) is 0 Å². The number of hydrogen-bond donors (Lipinski definition) is 1. The van der Waals surface area contributed by atoms with Gasteiger partial charge in [-0.05, 0) is 42.5 Å². The van der Waals surface area contributed by atoms with E-state index in [1.54, 1.807) is 18.5 Å². The van der Waals surface area contributed by atoms with Crippen molar-refractivity contribution in [1.29, 1.82) is 0 Å². The zero-order valence-electron chi connectivity index (χ0n) is 9.27. The maximum Gasteiger partial charge on any atom is 0.123 e. The van der Waals surface area contributed by atoms with Gasteiger partial charge in [0.25, 0.3) is 0 Å². The van der Waals surface area contributed by atoms with Crippen LogP contribution in [-0.4, -0.2) is 9.55 Å². The Morgan fingerprint density at radius 1 is 1.11 bits per heavy atom. The van der Waals surface area contributed by atoms with E-state index in [1.165, 1.54) is 12.1 Å². The minimum absolute atomic E-state index is 0.242. The first-order valence-electron chi connectivity index (χ1n) is 5.37. The molecule has 1 N–H and O–H groups in total. The molecule has 0 saturated heterocycles. The molecule has 0 spiro atoms. The molecule has 0 aliphatic carbocycles. The Balaban J connectivity index is 2.15. The van der Waals surface area contributed by atoms with Crippen LogP contribution in [0.4, 0.5) is 10.1 Å². The average Bonchev–Trinajstić information content (AvgIpc) is 2.82. The van der Waals surface area contributed by atoms with E-state index in [9.17, 15) is 4.39 Å². The Bertz CT molecular complexity index is 691. The number of nitrogens with one attached hydrogen (secondary N) is 1. The standard InChI is InChI=1S/C13H9BrFN3/c14-17-10-3-6-13-12(7-10)16-8-18(13)11-4-1-9(15)2-5-11/h1-8,17H. The van der Waals surface area contributed by atoms with Crippen molar-refractivity contribution in [3.63, 3.8) is 0 Å². The highest BCUT2D eigenvalue weighted by molar-refractivity contribution is 9.10. The van der Waals surface area contributed by atoms with E-state index in [0.29, 0.717) is 0 Å². The van der Waals surface area contributed by atoms with Crippen molar-refractivity contribution in [2.24, 2.45) is 0 Å². The molecule has 3 nitrogen and oxygen atoms in total. The van der Waals surface area contributed by atoms with Crippen LogP contribution in [0, 0.1) is 5.82 Å². The first-order valence-corrected chi connectivity index (χ1v) is 6.17. The number of anilines is 1. The number of nitrogens with zero attached hydrogens (tertiary/aromatic N) is 2. The molecular formula is C13H9BrFN3. The first kappa shape index (κ1) is 11.2. The molecule has 0 fully saturated rings. The molecule has 0 radical (unpaired) electrons. The molecule has 0 saturated carbocycles. The number of halogens is 2. The Morgan fingerprint density at radius 3 is 2.61 bits per heavy atom. The second kappa shape index (κ2) is 4.42. The minimum atomic E-state index is -0.242. The number of fused-ring (bicyclic) bond motifs is 1. The Kier molecular flexibility index (Phi) is 2.76. The monoisotopic (exact) mass is 305 g/mol. The van der Waals surface area contributed by atoms with Crippen LogP contribution in [-0.2, 0) is 0 Å². The normalized spacial score (nSPS) is 10.8. The lowest BCUT2D eigenvalue weighted by Gasteiger charge is -2.04. The Labute approximate surface area is 112 Å². The lowest BCUT2D eigenvalue weighted by atomic mass is 10.2. The SMILES string of the molecule is Fc1ccc(-n2cnc3cc(NBr)ccc32)cc1. The fourth-order valence-corrected chi connectivity index (χ4v) is 2.13. The van der Waals surface area contributed by atoms with Gasteiger partial charge in [-0.25, -0.2) is 9.37 Å². The number of rotatable bonds is 2. The smallest absolute Gasteiger partial charge is 0.123 e. The molecule has 0 aliphatic rings. The second-order valence-electron chi connectivity index (χ2n) is 3.89. The van der Waals surface area contributed by atoms with Crippen molar-refractivity contribution >= 4 is 32.9 Å². The summed E-state index contributed by atoms with van der Waals surface area (Å²) in [5, 5.41) is 0. The summed E-state index contributed by atoms with van der Waals surface area (Å²) in [5.41, 5.74) is 3.68. The van der Waals surface area contributed by atoms with E-state index in [1.807, 2.05) is 22.8 Å². The van der Waals surface area contributed by atoms with Gasteiger partial charge in [0.15, 0.2) is 0 Å². The molecule has 1 aromatic heterocycles. The van der Waals surface area contributed by atoms with Crippen LogP contribution in [0.5, 0.6) is 0 Å². The van der Waals surface area contributed by atoms with Crippen LogP contribution >= 0.6 is 16.1 Å². The van der Waals surface area contributed by atoms with Gasteiger partial charge in [-0.15, -0.1) is 0 Å². The van der Waals surface area contributed by atoms with Crippen molar-refractivity contribution in [2.45, 2.75) is 0 Å². The lowest BCUT2D eigenvalue weighted by molar-refractivity contribution is 0.627. The summed E-state index contributed by atoms with van der Waals surface area (Å²) in [7, 11) is 0. The van der Waals surface area contributed by atoms with Crippen LogP contribution in [0.15, 0.2) is 48.8 Å². The van der Waals surface area contributed by atoms with Gasteiger partial charge in [0.05, 0.1) is 11.0 Å². The maximum absolute atomic E-state index is 12.9. The van der Waals surface area contributed by atoms with E-state index < -0.39 is 0 Å². The van der Waals surface area contributed by atoms with Crippen molar-refractivity contribution in [1.82, 2.24) is 9.55 Å². The summed E-state index contributed by atoms with van der Waals surface area (Å²) in [6, 6.07) is 12.2. The van der Waals surface area contributed by atoms with E-state index in [0.717, 1.165) is 22.4 Å². The van der Waals surface area contributed by atoms with E-state index in [4.69, 9.17) is 0 Å². The van der Waals surface area contributed by atoms with Gasteiger partial charge in [0.2, 0.25) is 0 Å². The van der Waals surface area contributed by atoms with Crippen molar-refractivity contribution in [3.8, 4) is 5.69 Å². The minimum Gasteiger partial charge on any atom is -0.322 e. The molecule has 90 valence electrons. The summed E-state index contributed by atoms with van der Waals surface area (Å²) >= 11 is 3.18. The summed E-state index contributed by atoms with van der Waals surface area (Å²) in [4.78, 5) is 4.33. The van der Waals surface area contributed by atoms with Gasteiger partial charge < -0.3 is 4.34 Å². The molecule has 1 heterocycles. The topological polar surface area (TPSA) is 29.9 Å². The van der Waals surface area contributed by atoms with Gasteiger partial charge in [0.1, 0.15) is 12.1 Å². The molecule has 18 heavy (non-hydrogen) atoms. The summed E-state index contributed by atoms with van der Waals surface area (Å²) in [6.07, 6.45) is 1.73. The molecule has 0 amide bonds. The highest BCUT2D eigenvalue weighted by Gasteiger charge is 2.05. The Morgan fingerprint density at radius 2 is 1.89 bits per heavy atom. The fourth-order valence-electron chi connectivity index (χ4n) is 1.88. The molecule has 0 unspecified atom stereocenters. The molecular weight excluding hydrogens is 297 g/mol. The molecule has 0 aliphatic heterocycles. The van der Waals surface area contributed by atoms with Gasteiger partial charge in [-0.2, -0.15) is 0 Å². The number of aromatic nitrogens is 2. The maximum atomic E-state index is 12.9. The first-order chi connectivity index (χ1) is 8.78. The lowest BCUT2D eigenvalue weighted by Crippen LogP contribution is -1.91. The van der Waals surface area contributed by atoms with Gasteiger partial charge in [-0.1, -0.05) is 0 Å². The number of hydrogen-bond acceptors (Lipinski definition) is 2. The second-order valence-corrected chi connectivity index (χ2v) is 4.29. The predicted molar refractivity (Wildman–Crippen MR) is 73.6 cm³/mol. The van der Waals surface area contributed by atoms with E-state index in [-0.39, 0.29) is 5.82 Å². The molecule has 3 rings (SSSR count). The third-order valence-corrected chi connectivity index (χ3v) is 3.22.